The molecule has 0 aromatic carbocycles. The lowest BCUT2D eigenvalue weighted by Crippen LogP contribution is -2.08. The van der Waals surface area contributed by atoms with E-state index >= 15 is 0 Å². The molecule has 11 heavy (non-hydrogen) atoms. The molecule has 0 unspecified atom stereocenters. The van der Waals surface area contributed by atoms with E-state index in [-0.39, 0.29) is 19.0 Å². The highest BCUT2D eigenvalue weighted by atomic mass is 79.9. The Kier molecular flexibility index (Phi) is 4.14. The Bertz CT molecular complexity index is 250. The Labute approximate surface area is 77.7 Å². The van der Waals surface area contributed by atoms with Gasteiger partial charge in [-0.15, -0.1) is 12.4 Å². The molecule has 0 radical (unpaired) electrons. The molecular formula is C5H6BrClN2O2. The van der Waals surface area contributed by atoms with Crippen LogP contribution in [-0.2, 0) is 11.3 Å². The molecule has 1 aromatic rings. The van der Waals surface area contributed by atoms with Crippen LogP contribution in [0.4, 0.5) is 0 Å². The van der Waals surface area contributed by atoms with Gasteiger partial charge in [-0.3, -0.25) is 9.48 Å². The van der Waals surface area contributed by atoms with Gasteiger partial charge in [0.15, 0.2) is 0 Å². The highest BCUT2D eigenvalue weighted by molar-refractivity contribution is 9.10. The van der Waals surface area contributed by atoms with Crippen molar-refractivity contribution >= 4 is 34.3 Å². The zero-order valence-electron chi connectivity index (χ0n) is 5.40. The van der Waals surface area contributed by atoms with E-state index in [1.165, 1.54) is 4.68 Å². The van der Waals surface area contributed by atoms with Gasteiger partial charge in [0.05, 0.1) is 10.7 Å². The van der Waals surface area contributed by atoms with Crippen molar-refractivity contribution in [3.05, 3.63) is 16.9 Å². The quantitative estimate of drug-likeness (QED) is 0.845. The van der Waals surface area contributed by atoms with Crippen molar-refractivity contribution in [3.8, 4) is 0 Å². The van der Waals surface area contributed by atoms with Gasteiger partial charge in [-0.05, 0) is 15.9 Å². The largest absolute Gasteiger partial charge is 0.480 e. The minimum absolute atomic E-state index is 0. The molecule has 6 heteroatoms. The van der Waals surface area contributed by atoms with E-state index in [9.17, 15) is 4.79 Å². The predicted molar refractivity (Wildman–Crippen MR) is 44.8 cm³/mol. The van der Waals surface area contributed by atoms with Crippen LogP contribution < -0.4 is 0 Å². The molecule has 62 valence electrons. The zero-order valence-corrected chi connectivity index (χ0v) is 7.80. The first kappa shape index (κ1) is 10.4. The maximum atomic E-state index is 10.1. The zero-order chi connectivity index (χ0) is 7.56. The van der Waals surface area contributed by atoms with Crippen molar-refractivity contribution in [2.45, 2.75) is 6.54 Å². The molecule has 0 fully saturated rings. The molecule has 0 aliphatic heterocycles. The van der Waals surface area contributed by atoms with E-state index in [4.69, 9.17) is 5.11 Å². The minimum atomic E-state index is -0.893. The molecular weight excluding hydrogens is 235 g/mol. The van der Waals surface area contributed by atoms with Crippen LogP contribution in [0.1, 0.15) is 0 Å². The van der Waals surface area contributed by atoms with Crippen molar-refractivity contribution in [2.24, 2.45) is 0 Å². The molecule has 1 heterocycles. The summed E-state index contributed by atoms with van der Waals surface area (Å²) in [5.74, 6) is -0.893. The van der Waals surface area contributed by atoms with E-state index in [0.717, 1.165) is 4.47 Å². The summed E-state index contributed by atoms with van der Waals surface area (Å²) < 4.78 is 2.13. The molecule has 0 aliphatic carbocycles. The number of carbonyl (C=O) groups is 1. The van der Waals surface area contributed by atoms with Crippen molar-refractivity contribution in [2.75, 3.05) is 0 Å². The molecule has 0 saturated carbocycles. The molecule has 0 saturated heterocycles. The first-order valence-corrected chi connectivity index (χ1v) is 3.37. The molecule has 4 nitrogen and oxygen atoms in total. The number of hydrogen-bond acceptors (Lipinski definition) is 2. The fourth-order valence-electron chi connectivity index (χ4n) is 0.563. The van der Waals surface area contributed by atoms with E-state index in [2.05, 4.69) is 21.0 Å². The van der Waals surface area contributed by atoms with Gasteiger partial charge in [0.25, 0.3) is 0 Å². The number of aliphatic carboxylic acids is 1. The lowest BCUT2D eigenvalue weighted by atomic mass is 10.6. The van der Waals surface area contributed by atoms with Crippen LogP contribution in [0.3, 0.4) is 0 Å². The predicted octanol–water partition coefficient (Wildman–Crippen LogP) is 1.15. The summed E-state index contributed by atoms with van der Waals surface area (Å²) in [5.41, 5.74) is 0. The summed E-state index contributed by atoms with van der Waals surface area (Å²) in [5, 5.41) is 12.0. The van der Waals surface area contributed by atoms with Crippen LogP contribution >= 0.6 is 28.3 Å². The van der Waals surface area contributed by atoms with Gasteiger partial charge in [-0.2, -0.15) is 5.10 Å². The molecule has 0 amide bonds. The summed E-state index contributed by atoms with van der Waals surface area (Å²) >= 11 is 3.15. The van der Waals surface area contributed by atoms with Crippen LogP contribution in [0.15, 0.2) is 16.9 Å². The smallest absolute Gasteiger partial charge is 0.325 e. The highest BCUT2D eigenvalue weighted by Crippen LogP contribution is 2.05. The Balaban J connectivity index is 0.000001000. The fraction of sp³-hybridized carbons (Fsp3) is 0.200. The summed E-state index contributed by atoms with van der Waals surface area (Å²) in [7, 11) is 0. The van der Waals surface area contributed by atoms with Crippen LogP contribution in [-0.4, -0.2) is 20.9 Å². The van der Waals surface area contributed by atoms with E-state index in [0.29, 0.717) is 0 Å². The fourth-order valence-corrected chi connectivity index (χ4v) is 0.891. The third-order valence-electron chi connectivity index (χ3n) is 0.899. The number of nitrogens with zero attached hydrogens (tertiary/aromatic N) is 2. The lowest BCUT2D eigenvalue weighted by Gasteiger charge is -1.91. The van der Waals surface area contributed by atoms with Gasteiger partial charge in [0.1, 0.15) is 6.54 Å². The standard InChI is InChI=1S/C5H5BrN2O2.ClH/c6-4-1-7-8(2-4)3-5(9)10;/h1-2H,3H2,(H,9,10);1H. The number of halogens is 2. The second kappa shape index (κ2) is 4.35. The molecule has 1 aromatic heterocycles. The van der Waals surface area contributed by atoms with Gasteiger partial charge in [-0.1, -0.05) is 0 Å². The third-order valence-corrected chi connectivity index (χ3v) is 1.31. The number of carboxylic acid groups (broad SMARTS) is 1. The highest BCUT2D eigenvalue weighted by Gasteiger charge is 1.99. The maximum Gasteiger partial charge on any atom is 0.325 e. The average molecular weight is 241 g/mol. The third kappa shape index (κ3) is 3.38. The van der Waals surface area contributed by atoms with Crippen molar-refractivity contribution < 1.29 is 9.90 Å². The number of hydrogen-bond donors (Lipinski definition) is 1. The van der Waals surface area contributed by atoms with E-state index < -0.39 is 5.97 Å². The first-order valence-electron chi connectivity index (χ1n) is 2.58. The SMILES string of the molecule is Cl.O=C(O)Cn1cc(Br)cn1. The minimum Gasteiger partial charge on any atom is -0.480 e. The molecule has 1 rings (SSSR count). The Morgan fingerprint density at radius 2 is 2.45 bits per heavy atom. The summed E-state index contributed by atoms with van der Waals surface area (Å²) in [6, 6.07) is 0. The Hall–Kier alpha value is -0.550. The lowest BCUT2D eigenvalue weighted by molar-refractivity contribution is -0.137. The average Bonchev–Trinajstić information content (AvgIpc) is 2.13. The number of aromatic nitrogens is 2. The van der Waals surface area contributed by atoms with Gasteiger partial charge in [0.2, 0.25) is 0 Å². The van der Waals surface area contributed by atoms with Crippen molar-refractivity contribution in [1.29, 1.82) is 0 Å². The Morgan fingerprint density at radius 3 is 2.82 bits per heavy atom. The molecule has 0 spiro atoms. The van der Waals surface area contributed by atoms with Crippen LogP contribution in [0.5, 0.6) is 0 Å². The van der Waals surface area contributed by atoms with E-state index in [1.54, 1.807) is 12.4 Å². The normalized spacial score (nSPS) is 8.82. The second-order valence-corrected chi connectivity index (χ2v) is 2.67. The van der Waals surface area contributed by atoms with Crippen molar-refractivity contribution in [1.82, 2.24) is 9.78 Å². The van der Waals surface area contributed by atoms with E-state index in [1.807, 2.05) is 0 Å². The molecule has 0 bridgehead atoms. The summed E-state index contributed by atoms with van der Waals surface area (Å²) in [6.45, 7) is -0.0917. The topological polar surface area (TPSA) is 55.1 Å². The van der Waals surface area contributed by atoms with Crippen LogP contribution in [0.2, 0.25) is 0 Å². The van der Waals surface area contributed by atoms with Gasteiger partial charge < -0.3 is 5.11 Å². The summed E-state index contributed by atoms with van der Waals surface area (Å²) in [4.78, 5) is 10.1. The number of rotatable bonds is 2. The first-order chi connectivity index (χ1) is 4.68. The number of carboxylic acids is 1. The maximum absolute atomic E-state index is 10.1. The second-order valence-electron chi connectivity index (χ2n) is 1.75. The monoisotopic (exact) mass is 240 g/mol. The van der Waals surface area contributed by atoms with Gasteiger partial charge >= 0.3 is 5.97 Å². The Morgan fingerprint density at radius 1 is 1.82 bits per heavy atom. The van der Waals surface area contributed by atoms with Crippen LogP contribution in [0, 0.1) is 0 Å². The summed E-state index contributed by atoms with van der Waals surface area (Å²) in [6.07, 6.45) is 3.15. The van der Waals surface area contributed by atoms with Gasteiger partial charge in [-0.25, -0.2) is 0 Å². The van der Waals surface area contributed by atoms with Crippen molar-refractivity contribution in [3.63, 3.8) is 0 Å². The van der Waals surface area contributed by atoms with Crippen LogP contribution in [0.25, 0.3) is 0 Å². The van der Waals surface area contributed by atoms with Gasteiger partial charge in [0, 0.05) is 6.20 Å². The molecule has 0 atom stereocenters. The molecule has 0 aliphatic rings. The molecule has 1 N–H and O–H groups in total.